The summed E-state index contributed by atoms with van der Waals surface area (Å²) < 4.78 is 15.0. The lowest BCUT2D eigenvalue weighted by molar-refractivity contribution is -0.135. The van der Waals surface area contributed by atoms with Crippen LogP contribution in [-0.4, -0.2) is 49.1 Å². The third kappa shape index (κ3) is 5.72. The van der Waals surface area contributed by atoms with E-state index in [0.717, 1.165) is 19.2 Å². The van der Waals surface area contributed by atoms with Gasteiger partial charge < -0.3 is 18.8 Å². The third-order valence-electron chi connectivity index (χ3n) is 3.71. The molecule has 0 radical (unpaired) electrons. The molecule has 7 nitrogen and oxygen atoms in total. The second-order valence-corrected chi connectivity index (χ2v) is 5.51. The van der Waals surface area contributed by atoms with E-state index < -0.39 is 5.97 Å². The van der Waals surface area contributed by atoms with Crippen LogP contribution in [0.1, 0.15) is 28.2 Å². The largest absolute Gasteiger partial charge is 0.464 e. The first-order valence-electron chi connectivity index (χ1n) is 7.98. The molecule has 0 aliphatic rings. The molecule has 2 aromatic rings. The summed E-state index contributed by atoms with van der Waals surface area (Å²) in [4.78, 5) is 28.9. The summed E-state index contributed by atoms with van der Waals surface area (Å²) >= 11 is 0. The van der Waals surface area contributed by atoms with Crippen molar-refractivity contribution in [3.05, 3.63) is 53.7 Å². The smallest absolute Gasteiger partial charge is 0.360 e. The van der Waals surface area contributed by atoms with Gasteiger partial charge in [-0.25, -0.2) is 9.78 Å². The molecule has 0 atom stereocenters. The van der Waals surface area contributed by atoms with Crippen molar-refractivity contribution in [2.45, 2.75) is 19.4 Å². The molecule has 1 amide bonds. The van der Waals surface area contributed by atoms with E-state index in [1.165, 1.54) is 12.7 Å². The van der Waals surface area contributed by atoms with Crippen LogP contribution in [0.15, 0.2) is 41.1 Å². The van der Waals surface area contributed by atoms with Gasteiger partial charge in [0, 0.05) is 13.6 Å². The van der Waals surface area contributed by atoms with Crippen molar-refractivity contribution in [3.63, 3.8) is 0 Å². The lowest BCUT2D eigenvalue weighted by atomic mass is 10.1. The molecule has 0 unspecified atom stereocenters. The van der Waals surface area contributed by atoms with Gasteiger partial charge in [0.1, 0.15) is 13.2 Å². The molecule has 0 saturated heterocycles. The van der Waals surface area contributed by atoms with E-state index in [2.05, 4.69) is 21.9 Å². The number of aryl methyl sites for hydroxylation is 1. The highest BCUT2D eigenvalue weighted by Gasteiger charge is 2.18. The molecule has 0 bridgehead atoms. The molecule has 1 aromatic carbocycles. The number of hydrogen-bond donors (Lipinski definition) is 0. The van der Waals surface area contributed by atoms with Crippen LogP contribution in [0.2, 0.25) is 0 Å². The zero-order valence-corrected chi connectivity index (χ0v) is 14.4. The first kappa shape index (κ1) is 18.7. The van der Waals surface area contributed by atoms with Crippen LogP contribution >= 0.6 is 0 Å². The maximum absolute atomic E-state index is 12.1. The fourth-order valence-electron chi connectivity index (χ4n) is 2.27. The third-order valence-corrected chi connectivity index (χ3v) is 3.71. The number of nitrogens with zero attached hydrogens (tertiary/aromatic N) is 2. The normalized spacial score (nSPS) is 10.5. The Morgan fingerprint density at radius 1 is 1.24 bits per heavy atom. The van der Waals surface area contributed by atoms with E-state index in [1.54, 1.807) is 11.9 Å². The number of oxazole rings is 1. The van der Waals surface area contributed by atoms with Gasteiger partial charge in [-0.1, -0.05) is 30.3 Å². The number of ether oxygens (including phenoxy) is 2. The molecular weight excluding hydrogens is 324 g/mol. The number of esters is 1. The highest BCUT2D eigenvalue weighted by atomic mass is 16.5. The summed E-state index contributed by atoms with van der Waals surface area (Å²) in [5, 5.41) is 0. The van der Waals surface area contributed by atoms with Crippen molar-refractivity contribution in [2.75, 3.05) is 27.3 Å². The van der Waals surface area contributed by atoms with Gasteiger partial charge in [-0.05, 0) is 18.4 Å². The maximum Gasteiger partial charge on any atom is 0.360 e. The van der Waals surface area contributed by atoms with Crippen LogP contribution in [0.5, 0.6) is 0 Å². The molecule has 2 rings (SSSR count). The number of amides is 1. The minimum Gasteiger partial charge on any atom is -0.464 e. The van der Waals surface area contributed by atoms with Crippen molar-refractivity contribution in [1.82, 2.24) is 9.88 Å². The monoisotopic (exact) mass is 346 g/mol. The van der Waals surface area contributed by atoms with E-state index in [9.17, 15) is 9.59 Å². The summed E-state index contributed by atoms with van der Waals surface area (Å²) in [6.45, 7) is 0.532. The molecule has 25 heavy (non-hydrogen) atoms. The lowest BCUT2D eigenvalue weighted by Gasteiger charge is -2.17. The molecule has 1 aromatic heterocycles. The average Bonchev–Trinajstić information content (AvgIpc) is 3.10. The lowest BCUT2D eigenvalue weighted by Crippen LogP contribution is -2.31. The van der Waals surface area contributed by atoms with E-state index in [4.69, 9.17) is 9.15 Å². The molecular formula is C18H22N2O5. The molecule has 0 fully saturated rings. The standard InChI is InChI=1S/C18H22N2O5/c1-20(10-6-9-14-7-4-3-5-8-14)16(21)12-24-11-15-17(18(22)23-2)19-13-25-15/h3-5,7-8,13H,6,9-12H2,1-2H3. The van der Waals surface area contributed by atoms with Crippen molar-refractivity contribution in [3.8, 4) is 0 Å². The summed E-state index contributed by atoms with van der Waals surface area (Å²) in [6, 6.07) is 10.1. The Morgan fingerprint density at radius 3 is 2.72 bits per heavy atom. The van der Waals surface area contributed by atoms with Gasteiger partial charge >= 0.3 is 5.97 Å². The minimum atomic E-state index is -0.600. The van der Waals surface area contributed by atoms with Crippen molar-refractivity contribution in [2.24, 2.45) is 0 Å². The van der Waals surface area contributed by atoms with Gasteiger partial charge in [0.2, 0.25) is 5.91 Å². The molecule has 0 aliphatic heterocycles. The molecule has 0 spiro atoms. The second kappa shape index (κ2) is 9.58. The van der Waals surface area contributed by atoms with E-state index >= 15 is 0 Å². The summed E-state index contributed by atoms with van der Waals surface area (Å²) in [5.74, 6) is -0.490. The zero-order chi connectivity index (χ0) is 18.1. The van der Waals surface area contributed by atoms with Crippen LogP contribution in [0.3, 0.4) is 0 Å². The fourth-order valence-corrected chi connectivity index (χ4v) is 2.27. The summed E-state index contributed by atoms with van der Waals surface area (Å²) in [6.07, 6.45) is 2.93. The number of likely N-dealkylation sites (N-methyl/N-ethyl adjacent to an activating group) is 1. The van der Waals surface area contributed by atoms with Crippen molar-refractivity contribution < 1.29 is 23.5 Å². The Bertz CT molecular complexity index is 684. The van der Waals surface area contributed by atoms with Crippen LogP contribution in [0, 0.1) is 0 Å². The zero-order valence-electron chi connectivity index (χ0n) is 14.4. The number of rotatable bonds is 9. The van der Waals surface area contributed by atoms with Gasteiger partial charge in [0.15, 0.2) is 17.8 Å². The Hall–Kier alpha value is -2.67. The molecule has 1 heterocycles. The number of benzene rings is 1. The number of methoxy groups -OCH3 is 1. The van der Waals surface area contributed by atoms with Crippen LogP contribution in [0.4, 0.5) is 0 Å². The Morgan fingerprint density at radius 2 is 2.00 bits per heavy atom. The summed E-state index contributed by atoms with van der Waals surface area (Å²) in [5.41, 5.74) is 1.31. The van der Waals surface area contributed by atoms with E-state index in [1.807, 2.05) is 18.2 Å². The Balaban J connectivity index is 1.69. The van der Waals surface area contributed by atoms with Gasteiger partial charge in [-0.15, -0.1) is 0 Å². The molecule has 134 valence electrons. The molecule has 0 N–H and O–H groups in total. The van der Waals surface area contributed by atoms with Gasteiger partial charge in [0.05, 0.1) is 7.11 Å². The molecule has 0 aliphatic carbocycles. The van der Waals surface area contributed by atoms with E-state index in [0.29, 0.717) is 6.54 Å². The number of aromatic nitrogens is 1. The average molecular weight is 346 g/mol. The minimum absolute atomic E-state index is 0.0198. The Kier molecular flexibility index (Phi) is 7.16. The Labute approximate surface area is 146 Å². The van der Waals surface area contributed by atoms with Gasteiger partial charge in [0.25, 0.3) is 0 Å². The molecule has 0 saturated carbocycles. The first-order chi connectivity index (χ1) is 12.1. The first-order valence-corrected chi connectivity index (χ1v) is 7.98. The highest BCUT2D eigenvalue weighted by molar-refractivity contribution is 5.88. The fraction of sp³-hybridized carbons (Fsp3) is 0.389. The van der Waals surface area contributed by atoms with Crippen LogP contribution in [-0.2, 0) is 27.3 Å². The quantitative estimate of drug-likeness (QED) is 0.647. The molecule has 7 heteroatoms. The predicted octanol–water partition coefficient (Wildman–Crippen LogP) is 2.07. The summed E-state index contributed by atoms with van der Waals surface area (Å²) in [7, 11) is 3.00. The van der Waals surface area contributed by atoms with Crippen LogP contribution in [0.25, 0.3) is 0 Å². The maximum atomic E-state index is 12.1. The van der Waals surface area contributed by atoms with E-state index in [-0.39, 0.29) is 30.6 Å². The SMILES string of the molecule is COC(=O)c1ncoc1COCC(=O)N(C)CCCc1ccccc1. The van der Waals surface area contributed by atoms with Gasteiger partial charge in [-0.3, -0.25) is 4.79 Å². The number of carbonyl (C=O) groups is 2. The van der Waals surface area contributed by atoms with Crippen molar-refractivity contribution in [1.29, 1.82) is 0 Å². The van der Waals surface area contributed by atoms with Crippen molar-refractivity contribution >= 4 is 11.9 Å². The van der Waals surface area contributed by atoms with Gasteiger partial charge in [-0.2, -0.15) is 0 Å². The number of carbonyl (C=O) groups excluding carboxylic acids is 2. The predicted molar refractivity (Wildman–Crippen MR) is 89.9 cm³/mol. The topological polar surface area (TPSA) is 81.9 Å². The number of hydrogen-bond acceptors (Lipinski definition) is 6. The second-order valence-electron chi connectivity index (χ2n) is 5.51. The van der Waals surface area contributed by atoms with Crippen LogP contribution < -0.4 is 0 Å². The highest BCUT2D eigenvalue weighted by Crippen LogP contribution is 2.10.